The average molecular weight is 452 g/mol. The SMILES string of the molecule is NC(N)=Nc1ccccc1C(=O)NCC(=O)NC(CC(=O)O)c1cc(Cl)cc(Cl)c1. The molecule has 2 amide bonds. The number of nitrogens with zero attached hydrogens (tertiary/aromatic N) is 1. The molecule has 0 aromatic heterocycles. The quantitative estimate of drug-likeness (QED) is 0.304. The molecule has 0 spiro atoms. The lowest BCUT2D eigenvalue weighted by atomic mass is 10.0. The van der Waals surface area contributed by atoms with E-state index in [1.54, 1.807) is 18.2 Å². The van der Waals surface area contributed by atoms with E-state index in [1.165, 1.54) is 24.3 Å². The third-order valence-corrected chi connectivity index (χ3v) is 4.25. The number of carboxylic acids is 1. The largest absolute Gasteiger partial charge is 0.481 e. The van der Waals surface area contributed by atoms with Crippen LogP contribution in [0.2, 0.25) is 10.0 Å². The van der Waals surface area contributed by atoms with Crippen LogP contribution >= 0.6 is 23.2 Å². The number of rotatable bonds is 8. The Balaban J connectivity index is 2.08. The predicted molar refractivity (Wildman–Crippen MR) is 114 cm³/mol. The summed E-state index contributed by atoms with van der Waals surface area (Å²) in [5.41, 5.74) is 11.5. The van der Waals surface area contributed by atoms with Gasteiger partial charge in [0.25, 0.3) is 5.91 Å². The standard InChI is InChI=1S/C19H19Cl2N5O4/c20-11-5-10(6-12(21)7-11)15(8-17(28)29)25-16(27)9-24-18(30)13-3-1-2-4-14(13)26-19(22)23/h1-7,15H,8-9H2,(H,24,30)(H,25,27)(H,28,29)(H4,22,23,26). The minimum absolute atomic E-state index is 0.169. The summed E-state index contributed by atoms with van der Waals surface area (Å²) in [5, 5.41) is 14.7. The second-order valence-corrected chi connectivity index (χ2v) is 7.03. The minimum Gasteiger partial charge on any atom is -0.481 e. The molecule has 2 aromatic rings. The first kappa shape index (κ1) is 23.0. The zero-order valence-electron chi connectivity index (χ0n) is 15.6. The lowest BCUT2D eigenvalue weighted by Crippen LogP contribution is -2.39. The number of carbonyl (C=O) groups is 3. The topological polar surface area (TPSA) is 160 Å². The minimum atomic E-state index is -1.13. The molecule has 0 saturated heterocycles. The number of carbonyl (C=O) groups excluding carboxylic acids is 2. The number of aliphatic carboxylic acids is 1. The second kappa shape index (κ2) is 10.5. The van der Waals surface area contributed by atoms with Crippen molar-refractivity contribution in [1.29, 1.82) is 0 Å². The van der Waals surface area contributed by atoms with Crippen molar-refractivity contribution in [3.8, 4) is 0 Å². The molecule has 2 aromatic carbocycles. The first-order chi connectivity index (χ1) is 14.2. The molecule has 0 heterocycles. The van der Waals surface area contributed by atoms with Crippen LogP contribution in [0.4, 0.5) is 5.69 Å². The molecule has 0 radical (unpaired) electrons. The highest BCUT2D eigenvalue weighted by molar-refractivity contribution is 6.34. The summed E-state index contributed by atoms with van der Waals surface area (Å²) >= 11 is 11.9. The van der Waals surface area contributed by atoms with Crippen molar-refractivity contribution in [2.45, 2.75) is 12.5 Å². The van der Waals surface area contributed by atoms with Gasteiger partial charge in [0.2, 0.25) is 5.91 Å². The van der Waals surface area contributed by atoms with Gasteiger partial charge in [0.1, 0.15) is 0 Å². The summed E-state index contributed by atoms with van der Waals surface area (Å²) in [6.45, 7) is -0.403. The van der Waals surface area contributed by atoms with Gasteiger partial charge in [0, 0.05) is 10.0 Å². The smallest absolute Gasteiger partial charge is 0.305 e. The molecule has 2 rings (SSSR count). The van der Waals surface area contributed by atoms with E-state index in [-0.39, 0.29) is 17.2 Å². The Morgan fingerprint density at radius 2 is 1.70 bits per heavy atom. The van der Waals surface area contributed by atoms with E-state index in [2.05, 4.69) is 15.6 Å². The van der Waals surface area contributed by atoms with E-state index in [1.807, 2.05) is 0 Å². The molecule has 0 bridgehead atoms. The number of nitrogens with two attached hydrogens (primary N) is 2. The van der Waals surface area contributed by atoms with Crippen molar-refractivity contribution in [1.82, 2.24) is 10.6 Å². The molecular weight excluding hydrogens is 433 g/mol. The van der Waals surface area contributed by atoms with Gasteiger partial charge in [0.15, 0.2) is 5.96 Å². The van der Waals surface area contributed by atoms with Gasteiger partial charge in [-0.2, -0.15) is 0 Å². The summed E-state index contributed by atoms with van der Waals surface area (Å²) < 4.78 is 0. The van der Waals surface area contributed by atoms with Crippen LogP contribution < -0.4 is 22.1 Å². The maximum absolute atomic E-state index is 12.4. The molecule has 0 aliphatic carbocycles. The maximum Gasteiger partial charge on any atom is 0.305 e. The monoisotopic (exact) mass is 451 g/mol. The molecule has 158 valence electrons. The number of halogens is 2. The number of hydrogen-bond acceptors (Lipinski definition) is 4. The van der Waals surface area contributed by atoms with Gasteiger partial charge >= 0.3 is 5.97 Å². The van der Waals surface area contributed by atoms with Gasteiger partial charge < -0.3 is 27.2 Å². The first-order valence-corrected chi connectivity index (χ1v) is 9.35. The average Bonchev–Trinajstić information content (AvgIpc) is 2.64. The van der Waals surface area contributed by atoms with E-state index >= 15 is 0 Å². The molecule has 0 fully saturated rings. The zero-order chi connectivity index (χ0) is 22.3. The van der Waals surface area contributed by atoms with Crippen molar-refractivity contribution < 1.29 is 19.5 Å². The van der Waals surface area contributed by atoms with Gasteiger partial charge in [-0.1, -0.05) is 35.3 Å². The van der Waals surface area contributed by atoms with E-state index in [4.69, 9.17) is 39.8 Å². The van der Waals surface area contributed by atoms with Crippen LogP contribution in [0.25, 0.3) is 0 Å². The molecule has 1 unspecified atom stereocenters. The van der Waals surface area contributed by atoms with Crippen LogP contribution in [-0.2, 0) is 9.59 Å². The Bertz CT molecular complexity index is 972. The van der Waals surface area contributed by atoms with Gasteiger partial charge in [-0.05, 0) is 35.9 Å². The zero-order valence-corrected chi connectivity index (χ0v) is 17.1. The highest BCUT2D eigenvalue weighted by Crippen LogP contribution is 2.25. The van der Waals surface area contributed by atoms with Gasteiger partial charge in [-0.15, -0.1) is 0 Å². The fourth-order valence-electron chi connectivity index (χ4n) is 2.61. The Kier molecular flexibility index (Phi) is 8.02. The van der Waals surface area contributed by atoms with E-state index in [9.17, 15) is 14.4 Å². The number of para-hydroxylation sites is 1. The second-order valence-electron chi connectivity index (χ2n) is 6.16. The molecule has 0 aliphatic heterocycles. The van der Waals surface area contributed by atoms with E-state index in [0.717, 1.165) is 0 Å². The number of aliphatic imine (C=N–C) groups is 1. The normalized spacial score (nSPS) is 11.3. The van der Waals surface area contributed by atoms with Crippen LogP contribution in [0.5, 0.6) is 0 Å². The molecule has 11 heteroatoms. The molecular formula is C19H19Cl2N5O4. The van der Waals surface area contributed by atoms with Crippen molar-refractivity contribution in [3.63, 3.8) is 0 Å². The predicted octanol–water partition coefficient (Wildman–Crippen LogP) is 1.96. The van der Waals surface area contributed by atoms with E-state index < -0.39 is 36.8 Å². The lowest BCUT2D eigenvalue weighted by Gasteiger charge is -2.18. The number of amides is 2. The van der Waals surface area contributed by atoms with Gasteiger partial charge in [-0.3, -0.25) is 14.4 Å². The fraction of sp³-hybridized carbons (Fsp3) is 0.158. The molecule has 0 aliphatic rings. The number of guanidine groups is 1. The van der Waals surface area contributed by atoms with Gasteiger partial charge in [-0.25, -0.2) is 4.99 Å². The Labute approximate surface area is 182 Å². The Morgan fingerprint density at radius 1 is 1.07 bits per heavy atom. The van der Waals surface area contributed by atoms with Crippen LogP contribution in [0, 0.1) is 0 Å². The van der Waals surface area contributed by atoms with Gasteiger partial charge in [0.05, 0.1) is 30.3 Å². The lowest BCUT2D eigenvalue weighted by molar-refractivity contribution is -0.137. The molecule has 30 heavy (non-hydrogen) atoms. The summed E-state index contributed by atoms with van der Waals surface area (Å²) in [6, 6.07) is 9.91. The highest BCUT2D eigenvalue weighted by atomic mass is 35.5. The summed E-state index contributed by atoms with van der Waals surface area (Å²) in [4.78, 5) is 39.8. The number of nitrogens with one attached hydrogen (secondary N) is 2. The molecule has 0 saturated carbocycles. The Hall–Kier alpha value is -3.30. The summed E-state index contributed by atoms with van der Waals surface area (Å²) in [5.74, 6) is -2.53. The fourth-order valence-corrected chi connectivity index (χ4v) is 3.15. The summed E-state index contributed by atoms with van der Waals surface area (Å²) in [7, 11) is 0. The molecule has 7 N–H and O–H groups in total. The van der Waals surface area contributed by atoms with Crippen LogP contribution in [0.3, 0.4) is 0 Å². The van der Waals surface area contributed by atoms with Crippen molar-refractivity contribution in [2.24, 2.45) is 16.5 Å². The number of benzene rings is 2. The van der Waals surface area contributed by atoms with E-state index in [0.29, 0.717) is 15.6 Å². The number of hydrogen-bond donors (Lipinski definition) is 5. The molecule has 9 nitrogen and oxygen atoms in total. The van der Waals surface area contributed by atoms with Crippen molar-refractivity contribution >= 4 is 52.6 Å². The summed E-state index contributed by atoms with van der Waals surface area (Å²) in [6.07, 6.45) is -0.399. The first-order valence-electron chi connectivity index (χ1n) is 8.59. The Morgan fingerprint density at radius 3 is 2.30 bits per heavy atom. The number of carboxylic acid groups (broad SMARTS) is 1. The molecule has 1 atom stereocenters. The van der Waals surface area contributed by atoms with Crippen LogP contribution in [-0.4, -0.2) is 35.4 Å². The third-order valence-electron chi connectivity index (χ3n) is 3.81. The van der Waals surface area contributed by atoms with Crippen molar-refractivity contribution in [2.75, 3.05) is 6.54 Å². The van der Waals surface area contributed by atoms with Crippen molar-refractivity contribution in [3.05, 3.63) is 63.6 Å². The highest BCUT2D eigenvalue weighted by Gasteiger charge is 2.20. The maximum atomic E-state index is 12.4. The third kappa shape index (κ3) is 6.94. The van der Waals surface area contributed by atoms with Crippen LogP contribution in [0.15, 0.2) is 47.5 Å². The van der Waals surface area contributed by atoms with Crippen LogP contribution in [0.1, 0.15) is 28.4 Å².